The Morgan fingerprint density at radius 2 is 2.00 bits per heavy atom. The van der Waals surface area contributed by atoms with Gasteiger partial charge in [0.05, 0.1) is 0 Å². The Kier molecular flexibility index (Phi) is 3.95. The first kappa shape index (κ1) is 14.1. The van der Waals surface area contributed by atoms with Crippen molar-refractivity contribution < 1.29 is 9.53 Å². The number of esters is 1. The Bertz CT molecular complexity index is 474. The fourth-order valence-corrected chi connectivity index (χ4v) is 2.47. The van der Waals surface area contributed by atoms with Crippen LogP contribution in [0.15, 0.2) is 18.2 Å². The molecule has 1 aliphatic rings. The number of fused-ring (bicyclic) bond motifs is 1. The minimum atomic E-state index is -0.585. The number of benzene rings is 1. The SMILES string of the molecule is CC(C)(C)OC(=O)[C@H](N)Cc1ccc2c(c1)CCC2. The summed E-state index contributed by atoms with van der Waals surface area (Å²) in [6.45, 7) is 5.56. The van der Waals surface area contributed by atoms with E-state index in [0.717, 1.165) is 12.0 Å². The number of hydrogen-bond acceptors (Lipinski definition) is 3. The highest BCUT2D eigenvalue weighted by molar-refractivity contribution is 5.76. The molecule has 0 amide bonds. The third-order valence-corrected chi connectivity index (χ3v) is 3.33. The molecule has 2 rings (SSSR count). The maximum Gasteiger partial charge on any atom is 0.323 e. The van der Waals surface area contributed by atoms with Gasteiger partial charge in [-0.3, -0.25) is 4.79 Å². The number of ether oxygens (including phenoxy) is 1. The Morgan fingerprint density at radius 1 is 1.32 bits per heavy atom. The van der Waals surface area contributed by atoms with Crippen LogP contribution in [0.1, 0.15) is 43.9 Å². The van der Waals surface area contributed by atoms with Crippen molar-refractivity contribution in [1.82, 2.24) is 0 Å². The molecule has 104 valence electrons. The normalized spacial score (nSPS) is 16.0. The van der Waals surface area contributed by atoms with Crippen molar-refractivity contribution in [1.29, 1.82) is 0 Å². The van der Waals surface area contributed by atoms with Gasteiger partial charge in [0.1, 0.15) is 11.6 Å². The zero-order valence-corrected chi connectivity index (χ0v) is 12.0. The third kappa shape index (κ3) is 3.80. The molecule has 1 aromatic rings. The molecule has 1 aromatic carbocycles. The molecule has 3 heteroatoms. The molecule has 0 heterocycles. The predicted octanol–water partition coefficient (Wildman–Crippen LogP) is 2.39. The van der Waals surface area contributed by atoms with E-state index >= 15 is 0 Å². The Hall–Kier alpha value is -1.35. The van der Waals surface area contributed by atoms with Gasteiger partial charge >= 0.3 is 5.97 Å². The van der Waals surface area contributed by atoms with Crippen LogP contribution < -0.4 is 5.73 Å². The summed E-state index contributed by atoms with van der Waals surface area (Å²) in [4.78, 5) is 11.8. The standard InChI is InChI=1S/C16H23NO2/c1-16(2,3)19-15(18)14(17)10-11-7-8-12-5-4-6-13(12)9-11/h7-9,14H,4-6,10,17H2,1-3H3/t14-/m1/s1. The third-order valence-electron chi connectivity index (χ3n) is 3.33. The van der Waals surface area contributed by atoms with Gasteiger partial charge in [-0.1, -0.05) is 18.2 Å². The summed E-state index contributed by atoms with van der Waals surface area (Å²) in [5.74, 6) is -0.326. The molecular weight excluding hydrogens is 238 g/mol. The lowest BCUT2D eigenvalue weighted by atomic mass is 10.0. The van der Waals surface area contributed by atoms with Crippen molar-refractivity contribution in [2.75, 3.05) is 0 Å². The van der Waals surface area contributed by atoms with E-state index in [4.69, 9.17) is 10.5 Å². The van der Waals surface area contributed by atoms with Gasteiger partial charge < -0.3 is 10.5 Å². The smallest absolute Gasteiger partial charge is 0.323 e. The Balaban J connectivity index is 1.99. The largest absolute Gasteiger partial charge is 0.459 e. The molecule has 0 saturated carbocycles. The molecule has 0 aromatic heterocycles. The van der Waals surface area contributed by atoms with Gasteiger partial charge in [-0.05, 0) is 63.1 Å². The van der Waals surface area contributed by atoms with Crippen molar-refractivity contribution in [3.8, 4) is 0 Å². The highest BCUT2D eigenvalue weighted by atomic mass is 16.6. The van der Waals surface area contributed by atoms with Crippen molar-refractivity contribution in [3.63, 3.8) is 0 Å². The van der Waals surface area contributed by atoms with Crippen molar-refractivity contribution in [2.24, 2.45) is 5.73 Å². The number of hydrogen-bond donors (Lipinski definition) is 1. The van der Waals surface area contributed by atoms with Crippen LogP contribution in [-0.4, -0.2) is 17.6 Å². The lowest BCUT2D eigenvalue weighted by Gasteiger charge is -2.22. The fourth-order valence-electron chi connectivity index (χ4n) is 2.47. The van der Waals surface area contributed by atoms with Crippen LogP contribution in [0.3, 0.4) is 0 Å². The van der Waals surface area contributed by atoms with E-state index in [-0.39, 0.29) is 5.97 Å². The van der Waals surface area contributed by atoms with Gasteiger partial charge in [-0.15, -0.1) is 0 Å². The first-order chi connectivity index (χ1) is 8.85. The quantitative estimate of drug-likeness (QED) is 0.850. The summed E-state index contributed by atoms with van der Waals surface area (Å²) >= 11 is 0. The van der Waals surface area contributed by atoms with Crippen molar-refractivity contribution in [2.45, 2.75) is 58.1 Å². The number of aryl methyl sites for hydroxylation is 2. The van der Waals surface area contributed by atoms with Crippen LogP contribution in [0.5, 0.6) is 0 Å². The van der Waals surface area contributed by atoms with Crippen molar-refractivity contribution in [3.05, 3.63) is 34.9 Å². The monoisotopic (exact) mass is 261 g/mol. The molecule has 0 unspecified atom stereocenters. The second-order valence-electron chi connectivity index (χ2n) is 6.30. The maximum absolute atomic E-state index is 11.8. The summed E-state index contributed by atoms with van der Waals surface area (Å²) in [6, 6.07) is 5.85. The minimum absolute atomic E-state index is 0.326. The second-order valence-corrected chi connectivity index (χ2v) is 6.30. The first-order valence-electron chi connectivity index (χ1n) is 6.94. The molecule has 0 spiro atoms. The van der Waals surface area contributed by atoms with Crippen LogP contribution in [0.4, 0.5) is 0 Å². The summed E-state index contributed by atoms with van der Waals surface area (Å²) in [7, 11) is 0. The number of nitrogens with two attached hydrogens (primary N) is 1. The van der Waals surface area contributed by atoms with E-state index in [1.54, 1.807) is 0 Å². The van der Waals surface area contributed by atoms with E-state index < -0.39 is 11.6 Å². The lowest BCUT2D eigenvalue weighted by Crippen LogP contribution is -2.38. The number of carbonyl (C=O) groups excluding carboxylic acids is 1. The lowest BCUT2D eigenvalue weighted by molar-refractivity contribution is -0.156. The van der Waals surface area contributed by atoms with Crippen LogP contribution in [0, 0.1) is 0 Å². The summed E-state index contributed by atoms with van der Waals surface area (Å²) < 4.78 is 5.30. The predicted molar refractivity (Wildman–Crippen MR) is 76.0 cm³/mol. The van der Waals surface area contributed by atoms with Crippen molar-refractivity contribution >= 4 is 5.97 Å². The molecule has 19 heavy (non-hydrogen) atoms. The average Bonchev–Trinajstić information content (AvgIpc) is 2.73. The van der Waals surface area contributed by atoms with Crippen LogP contribution in [-0.2, 0) is 28.8 Å². The Labute approximate surface area is 115 Å². The topological polar surface area (TPSA) is 52.3 Å². The molecule has 3 nitrogen and oxygen atoms in total. The molecule has 0 radical (unpaired) electrons. The van der Waals surface area contributed by atoms with E-state index in [2.05, 4.69) is 18.2 Å². The van der Waals surface area contributed by atoms with E-state index in [1.807, 2.05) is 20.8 Å². The van der Waals surface area contributed by atoms with E-state index in [9.17, 15) is 4.79 Å². The maximum atomic E-state index is 11.8. The molecule has 0 saturated heterocycles. The van der Waals surface area contributed by atoms with Gasteiger partial charge in [0.15, 0.2) is 0 Å². The number of rotatable bonds is 3. The zero-order valence-electron chi connectivity index (χ0n) is 12.0. The average molecular weight is 261 g/mol. The Morgan fingerprint density at radius 3 is 2.68 bits per heavy atom. The molecule has 0 fully saturated rings. The van der Waals surface area contributed by atoms with Gasteiger partial charge in [-0.2, -0.15) is 0 Å². The molecule has 1 atom stereocenters. The van der Waals surface area contributed by atoms with Gasteiger partial charge in [0.2, 0.25) is 0 Å². The molecule has 2 N–H and O–H groups in total. The highest BCUT2D eigenvalue weighted by Crippen LogP contribution is 2.23. The van der Waals surface area contributed by atoms with E-state index in [0.29, 0.717) is 6.42 Å². The molecular formula is C16H23NO2. The summed E-state index contributed by atoms with van der Waals surface area (Å²) in [6.07, 6.45) is 4.09. The van der Waals surface area contributed by atoms with Gasteiger partial charge in [-0.25, -0.2) is 0 Å². The number of carbonyl (C=O) groups is 1. The fraction of sp³-hybridized carbons (Fsp3) is 0.562. The molecule has 0 aliphatic heterocycles. The molecule has 0 bridgehead atoms. The summed E-state index contributed by atoms with van der Waals surface area (Å²) in [5, 5.41) is 0. The second kappa shape index (κ2) is 5.33. The molecule has 1 aliphatic carbocycles. The van der Waals surface area contributed by atoms with Crippen LogP contribution in [0.2, 0.25) is 0 Å². The summed E-state index contributed by atoms with van der Waals surface area (Å²) in [5.41, 5.74) is 9.42. The zero-order chi connectivity index (χ0) is 14.0. The van der Waals surface area contributed by atoms with Crippen LogP contribution >= 0.6 is 0 Å². The highest BCUT2D eigenvalue weighted by Gasteiger charge is 2.22. The first-order valence-corrected chi connectivity index (χ1v) is 6.94. The van der Waals surface area contributed by atoms with Crippen LogP contribution in [0.25, 0.3) is 0 Å². The minimum Gasteiger partial charge on any atom is -0.459 e. The van der Waals surface area contributed by atoms with Gasteiger partial charge in [0, 0.05) is 0 Å². The van der Waals surface area contributed by atoms with E-state index in [1.165, 1.54) is 24.0 Å². The van der Waals surface area contributed by atoms with Gasteiger partial charge in [0.25, 0.3) is 0 Å².